The van der Waals surface area contributed by atoms with Gasteiger partial charge in [0.05, 0.1) is 16.3 Å². The number of thioether (sulfide) groups is 1. The molecule has 0 spiro atoms. The van der Waals surface area contributed by atoms with Crippen LogP contribution in [0.3, 0.4) is 0 Å². The molecule has 0 radical (unpaired) electrons. The van der Waals surface area contributed by atoms with E-state index in [2.05, 4.69) is 79.0 Å². The number of benzene rings is 1. The van der Waals surface area contributed by atoms with Crippen LogP contribution in [0.25, 0.3) is 5.65 Å². The lowest BCUT2D eigenvalue weighted by molar-refractivity contribution is 0.394. The molecule has 0 amide bonds. The van der Waals surface area contributed by atoms with E-state index in [0.717, 1.165) is 23.6 Å². The minimum atomic E-state index is 0.903. The number of imidazole rings is 1. The molecule has 0 bridgehead atoms. The van der Waals surface area contributed by atoms with Gasteiger partial charge < -0.3 is 9.30 Å². The second-order valence-corrected chi connectivity index (χ2v) is 6.74. The molecule has 22 heavy (non-hydrogen) atoms. The fourth-order valence-corrected chi connectivity index (χ4v) is 3.51. The van der Waals surface area contributed by atoms with Gasteiger partial charge in [0, 0.05) is 18.5 Å². The highest BCUT2D eigenvalue weighted by molar-refractivity contribution is 7.98. The van der Waals surface area contributed by atoms with Gasteiger partial charge in [0.1, 0.15) is 0 Å². The molecule has 3 nitrogen and oxygen atoms in total. The Labute approximate surface area is 136 Å². The van der Waals surface area contributed by atoms with E-state index in [1.807, 2.05) is 11.8 Å². The van der Waals surface area contributed by atoms with E-state index < -0.39 is 0 Å². The van der Waals surface area contributed by atoms with Crippen LogP contribution >= 0.6 is 11.8 Å². The summed E-state index contributed by atoms with van der Waals surface area (Å²) in [5.74, 6) is 0.968. The number of aromatic nitrogens is 2. The summed E-state index contributed by atoms with van der Waals surface area (Å²) in [5.41, 5.74) is 4.78. The van der Waals surface area contributed by atoms with Crippen LogP contribution in [0, 0.1) is 6.92 Å². The minimum Gasteiger partial charge on any atom is -0.304 e. The van der Waals surface area contributed by atoms with Gasteiger partial charge in [-0.15, -0.1) is 11.8 Å². The third-order valence-corrected chi connectivity index (χ3v) is 4.72. The van der Waals surface area contributed by atoms with Crippen molar-refractivity contribution in [2.75, 3.05) is 14.1 Å². The first-order valence-electron chi connectivity index (χ1n) is 7.43. The number of nitrogens with zero attached hydrogens (tertiary/aromatic N) is 3. The van der Waals surface area contributed by atoms with Crippen LogP contribution in [0.2, 0.25) is 0 Å². The van der Waals surface area contributed by atoms with Crippen LogP contribution in [0.5, 0.6) is 0 Å². The SMILES string of the molecule is Cc1nc2c(SCc3ccccc3)cccn2c1CN(C)C. The molecule has 3 rings (SSSR count). The number of rotatable bonds is 5. The third-order valence-electron chi connectivity index (χ3n) is 3.62. The monoisotopic (exact) mass is 311 g/mol. The first-order valence-corrected chi connectivity index (χ1v) is 8.41. The third kappa shape index (κ3) is 3.18. The van der Waals surface area contributed by atoms with E-state index in [0.29, 0.717) is 0 Å². The highest BCUT2D eigenvalue weighted by atomic mass is 32.2. The van der Waals surface area contributed by atoms with Crippen molar-refractivity contribution in [3.63, 3.8) is 0 Å². The average Bonchev–Trinajstić information content (AvgIpc) is 2.82. The Balaban J connectivity index is 1.90. The molecule has 3 aromatic rings. The van der Waals surface area contributed by atoms with E-state index in [9.17, 15) is 0 Å². The Morgan fingerprint density at radius 3 is 2.59 bits per heavy atom. The molecule has 2 aromatic heterocycles. The lowest BCUT2D eigenvalue weighted by Gasteiger charge is -2.10. The Morgan fingerprint density at radius 1 is 1.09 bits per heavy atom. The standard InChI is InChI=1S/C18H21N3S/c1-14-16(12-20(2)3)21-11-7-10-17(18(21)19-14)22-13-15-8-5-4-6-9-15/h4-11H,12-13H2,1-3H3. The first kappa shape index (κ1) is 15.1. The lowest BCUT2D eigenvalue weighted by atomic mass is 10.2. The summed E-state index contributed by atoms with van der Waals surface area (Å²) in [6.45, 7) is 3.00. The first-order chi connectivity index (χ1) is 10.6. The summed E-state index contributed by atoms with van der Waals surface area (Å²) in [5, 5.41) is 0. The van der Waals surface area contributed by atoms with Gasteiger partial charge in [0.2, 0.25) is 0 Å². The van der Waals surface area contributed by atoms with Crippen molar-refractivity contribution in [1.29, 1.82) is 0 Å². The topological polar surface area (TPSA) is 20.5 Å². The highest BCUT2D eigenvalue weighted by Gasteiger charge is 2.12. The molecule has 1 aromatic carbocycles. The maximum atomic E-state index is 4.79. The van der Waals surface area contributed by atoms with Crippen LogP contribution < -0.4 is 0 Å². The molecule has 2 heterocycles. The van der Waals surface area contributed by atoms with Crippen LogP contribution in [0.1, 0.15) is 17.0 Å². The van der Waals surface area contributed by atoms with Crippen LogP contribution in [-0.4, -0.2) is 28.4 Å². The van der Waals surface area contributed by atoms with Gasteiger partial charge in [0.25, 0.3) is 0 Å². The van der Waals surface area contributed by atoms with Crippen LogP contribution in [-0.2, 0) is 12.3 Å². The fourth-order valence-electron chi connectivity index (χ4n) is 2.54. The van der Waals surface area contributed by atoms with Gasteiger partial charge in [-0.25, -0.2) is 4.98 Å². The maximum Gasteiger partial charge on any atom is 0.151 e. The predicted molar refractivity (Wildman–Crippen MR) is 93.3 cm³/mol. The number of pyridine rings is 1. The van der Waals surface area contributed by atoms with Crippen molar-refractivity contribution in [2.24, 2.45) is 0 Å². The van der Waals surface area contributed by atoms with E-state index in [-0.39, 0.29) is 0 Å². The van der Waals surface area contributed by atoms with Crippen molar-refractivity contribution >= 4 is 17.4 Å². The van der Waals surface area contributed by atoms with E-state index in [1.165, 1.54) is 16.2 Å². The van der Waals surface area contributed by atoms with E-state index in [1.54, 1.807) is 0 Å². The highest BCUT2D eigenvalue weighted by Crippen LogP contribution is 2.28. The van der Waals surface area contributed by atoms with Crippen molar-refractivity contribution < 1.29 is 0 Å². The van der Waals surface area contributed by atoms with Gasteiger partial charge in [-0.2, -0.15) is 0 Å². The average molecular weight is 311 g/mol. The van der Waals surface area contributed by atoms with E-state index in [4.69, 9.17) is 4.98 Å². The van der Waals surface area contributed by atoms with Gasteiger partial charge in [-0.1, -0.05) is 30.3 Å². The number of hydrogen-bond acceptors (Lipinski definition) is 3. The smallest absolute Gasteiger partial charge is 0.151 e. The van der Waals surface area contributed by atoms with Crippen LogP contribution in [0.4, 0.5) is 0 Å². The molecular weight excluding hydrogens is 290 g/mol. The summed E-state index contributed by atoms with van der Waals surface area (Å²) in [6, 6.07) is 14.8. The maximum absolute atomic E-state index is 4.79. The van der Waals surface area contributed by atoms with Gasteiger partial charge in [-0.05, 0) is 38.7 Å². The zero-order valence-corrected chi connectivity index (χ0v) is 14.1. The summed E-state index contributed by atoms with van der Waals surface area (Å²) >= 11 is 1.85. The van der Waals surface area contributed by atoms with E-state index >= 15 is 0 Å². The van der Waals surface area contributed by atoms with Crippen molar-refractivity contribution in [3.05, 3.63) is 65.6 Å². The number of fused-ring (bicyclic) bond motifs is 1. The van der Waals surface area contributed by atoms with Crippen molar-refractivity contribution in [2.45, 2.75) is 24.1 Å². The summed E-state index contributed by atoms with van der Waals surface area (Å²) in [6.07, 6.45) is 2.11. The molecule has 114 valence electrons. The predicted octanol–water partition coefficient (Wildman–Crippen LogP) is 4.00. The quantitative estimate of drug-likeness (QED) is 0.664. The molecule has 0 saturated heterocycles. The Hall–Kier alpha value is -1.78. The largest absolute Gasteiger partial charge is 0.304 e. The molecule has 0 atom stereocenters. The van der Waals surface area contributed by atoms with Gasteiger partial charge in [-0.3, -0.25) is 0 Å². The second kappa shape index (κ2) is 6.55. The minimum absolute atomic E-state index is 0.903. The molecule has 0 aliphatic carbocycles. The molecule has 4 heteroatoms. The molecular formula is C18H21N3S. The lowest BCUT2D eigenvalue weighted by Crippen LogP contribution is -2.13. The Bertz CT molecular complexity index is 763. The summed E-state index contributed by atoms with van der Waals surface area (Å²) in [7, 11) is 4.18. The molecule has 0 saturated carbocycles. The molecule has 0 aliphatic rings. The number of hydrogen-bond donors (Lipinski definition) is 0. The summed E-state index contributed by atoms with van der Waals surface area (Å²) in [4.78, 5) is 8.21. The second-order valence-electron chi connectivity index (χ2n) is 5.72. The normalized spacial score (nSPS) is 11.5. The van der Waals surface area contributed by atoms with Gasteiger partial charge >= 0.3 is 0 Å². The summed E-state index contributed by atoms with van der Waals surface area (Å²) < 4.78 is 2.22. The zero-order chi connectivity index (χ0) is 15.5. The molecule has 0 N–H and O–H groups in total. The zero-order valence-electron chi connectivity index (χ0n) is 13.3. The van der Waals surface area contributed by atoms with Crippen molar-refractivity contribution in [3.8, 4) is 0 Å². The Morgan fingerprint density at radius 2 is 1.86 bits per heavy atom. The molecule has 0 unspecified atom stereocenters. The molecule has 0 aliphatic heterocycles. The molecule has 0 fully saturated rings. The Kier molecular flexibility index (Phi) is 4.50. The number of aryl methyl sites for hydroxylation is 1. The fraction of sp³-hybridized carbons (Fsp3) is 0.278. The van der Waals surface area contributed by atoms with Crippen molar-refractivity contribution in [1.82, 2.24) is 14.3 Å². The van der Waals surface area contributed by atoms with Crippen LogP contribution in [0.15, 0.2) is 53.6 Å². The van der Waals surface area contributed by atoms with Gasteiger partial charge in [0.15, 0.2) is 5.65 Å².